The van der Waals surface area contributed by atoms with Gasteiger partial charge in [-0.25, -0.2) is 5.01 Å². The molecular formula is C23H22N4O4. The highest BCUT2D eigenvalue weighted by atomic mass is 16.5. The molecule has 3 aromatic rings. The second kappa shape index (κ2) is 7.46. The summed E-state index contributed by atoms with van der Waals surface area (Å²) in [5, 5.41) is 6.68. The Labute approximate surface area is 179 Å². The molecule has 0 unspecified atom stereocenters. The first-order valence-corrected chi connectivity index (χ1v) is 10.0. The first-order chi connectivity index (χ1) is 15.1. The van der Waals surface area contributed by atoms with Crippen LogP contribution in [0.15, 0.2) is 47.6 Å². The number of hydrazone groups is 1. The topological polar surface area (TPSA) is 87.2 Å². The average molecular weight is 418 g/mol. The molecule has 2 aliphatic rings. The van der Waals surface area contributed by atoms with Crippen LogP contribution in [0.2, 0.25) is 0 Å². The minimum Gasteiger partial charge on any atom is -0.497 e. The lowest BCUT2D eigenvalue weighted by Gasteiger charge is -2.40. The number of methoxy groups -OCH3 is 2. The predicted octanol–water partition coefficient (Wildman–Crippen LogP) is 2.31. The number of benzene rings is 2. The maximum absolute atomic E-state index is 13.2. The number of piperazine rings is 1. The van der Waals surface area contributed by atoms with E-state index >= 15 is 0 Å². The van der Waals surface area contributed by atoms with Crippen molar-refractivity contribution in [1.29, 1.82) is 0 Å². The molecule has 0 aliphatic carbocycles. The maximum atomic E-state index is 13.2. The Hall–Kier alpha value is -3.81. The standard InChI is InChI=1S/C23H22N4O4/c1-30-15-8-7-14(21(9-15)31-2)11-24-27-13-22(28)26-12-19-17(10-20(26)23(27)29)16-5-3-4-6-18(16)25-19/h3-9,11,20,25H,10,12-13H2,1-2H3/t20-/m0/s1. The highest BCUT2D eigenvalue weighted by Gasteiger charge is 2.43. The fourth-order valence-corrected chi connectivity index (χ4v) is 4.31. The zero-order valence-corrected chi connectivity index (χ0v) is 17.3. The minimum atomic E-state index is -0.553. The van der Waals surface area contributed by atoms with Gasteiger partial charge in [-0.1, -0.05) is 18.2 Å². The lowest BCUT2D eigenvalue weighted by molar-refractivity contribution is -0.157. The predicted molar refractivity (Wildman–Crippen MR) is 115 cm³/mol. The van der Waals surface area contributed by atoms with Crippen LogP contribution in [-0.2, 0) is 22.6 Å². The number of nitrogens with zero attached hydrogens (tertiary/aromatic N) is 3. The molecule has 0 spiro atoms. The smallest absolute Gasteiger partial charge is 0.266 e. The first-order valence-electron chi connectivity index (χ1n) is 10.0. The van der Waals surface area contributed by atoms with Gasteiger partial charge in [0.25, 0.3) is 5.91 Å². The summed E-state index contributed by atoms with van der Waals surface area (Å²) in [7, 11) is 3.13. The van der Waals surface area contributed by atoms with Crippen LogP contribution >= 0.6 is 0 Å². The number of carbonyl (C=O) groups is 2. The third-order valence-corrected chi connectivity index (χ3v) is 5.93. The molecule has 2 aromatic carbocycles. The third-order valence-electron chi connectivity index (χ3n) is 5.93. The lowest BCUT2D eigenvalue weighted by Crippen LogP contribution is -2.60. The molecule has 158 valence electrons. The molecule has 1 saturated heterocycles. The molecule has 2 aliphatic heterocycles. The van der Waals surface area contributed by atoms with Gasteiger partial charge in [0.1, 0.15) is 24.1 Å². The summed E-state index contributed by atoms with van der Waals surface area (Å²) in [5.41, 5.74) is 3.81. The summed E-state index contributed by atoms with van der Waals surface area (Å²) in [5.74, 6) is 0.930. The van der Waals surface area contributed by atoms with Gasteiger partial charge >= 0.3 is 0 Å². The summed E-state index contributed by atoms with van der Waals surface area (Å²) in [6.07, 6.45) is 2.01. The second-order valence-corrected chi connectivity index (χ2v) is 7.62. The zero-order valence-electron chi connectivity index (χ0n) is 17.3. The van der Waals surface area contributed by atoms with E-state index in [0.717, 1.165) is 22.2 Å². The Balaban J connectivity index is 1.42. The number of aromatic nitrogens is 1. The van der Waals surface area contributed by atoms with Crippen LogP contribution in [0.4, 0.5) is 0 Å². The van der Waals surface area contributed by atoms with E-state index in [0.29, 0.717) is 30.0 Å². The average Bonchev–Trinajstić information content (AvgIpc) is 3.17. The van der Waals surface area contributed by atoms with Gasteiger partial charge < -0.3 is 19.4 Å². The van der Waals surface area contributed by atoms with E-state index in [9.17, 15) is 9.59 Å². The molecule has 2 amide bonds. The summed E-state index contributed by atoms with van der Waals surface area (Å²) in [4.78, 5) is 31.1. The number of para-hydroxylation sites is 1. The zero-order chi connectivity index (χ0) is 21.5. The number of H-pyrrole nitrogens is 1. The van der Waals surface area contributed by atoms with Crippen molar-refractivity contribution in [1.82, 2.24) is 14.9 Å². The van der Waals surface area contributed by atoms with E-state index in [2.05, 4.69) is 10.1 Å². The summed E-state index contributed by atoms with van der Waals surface area (Å²) < 4.78 is 10.6. The Morgan fingerprint density at radius 1 is 1.10 bits per heavy atom. The van der Waals surface area contributed by atoms with Crippen LogP contribution < -0.4 is 9.47 Å². The van der Waals surface area contributed by atoms with Gasteiger partial charge in [-0.3, -0.25) is 9.59 Å². The van der Waals surface area contributed by atoms with Gasteiger partial charge in [0.15, 0.2) is 0 Å². The Kier molecular flexibility index (Phi) is 4.62. The molecule has 8 heteroatoms. The number of nitrogens with one attached hydrogen (secondary N) is 1. The monoisotopic (exact) mass is 418 g/mol. The molecule has 1 N–H and O–H groups in total. The molecule has 1 fully saturated rings. The number of ether oxygens (including phenoxy) is 2. The van der Waals surface area contributed by atoms with Gasteiger partial charge in [-0.15, -0.1) is 0 Å². The number of carbonyl (C=O) groups excluding carboxylic acids is 2. The van der Waals surface area contributed by atoms with Crippen molar-refractivity contribution in [2.45, 2.75) is 19.0 Å². The lowest BCUT2D eigenvalue weighted by atomic mass is 9.94. The largest absolute Gasteiger partial charge is 0.497 e. The Morgan fingerprint density at radius 3 is 2.74 bits per heavy atom. The number of hydrogen-bond acceptors (Lipinski definition) is 5. The number of fused-ring (bicyclic) bond motifs is 4. The van der Waals surface area contributed by atoms with E-state index in [1.807, 2.05) is 24.3 Å². The normalized spacial score (nSPS) is 18.5. The Bertz CT molecular complexity index is 1220. The summed E-state index contributed by atoms with van der Waals surface area (Å²) in [6.45, 7) is 0.322. The SMILES string of the molecule is COc1ccc(C=NN2CC(=O)N3Cc4[nH]c5ccccc5c4C[C@H]3C2=O)c(OC)c1. The van der Waals surface area contributed by atoms with Crippen molar-refractivity contribution in [3.05, 3.63) is 59.3 Å². The third kappa shape index (κ3) is 3.20. The van der Waals surface area contributed by atoms with Crippen molar-refractivity contribution < 1.29 is 19.1 Å². The fourth-order valence-electron chi connectivity index (χ4n) is 4.31. The van der Waals surface area contributed by atoms with Crippen molar-refractivity contribution >= 4 is 28.9 Å². The quantitative estimate of drug-likeness (QED) is 0.659. The Morgan fingerprint density at radius 2 is 1.94 bits per heavy atom. The molecule has 8 nitrogen and oxygen atoms in total. The highest BCUT2D eigenvalue weighted by molar-refractivity contribution is 5.97. The molecule has 31 heavy (non-hydrogen) atoms. The maximum Gasteiger partial charge on any atom is 0.266 e. The van der Waals surface area contributed by atoms with Crippen molar-refractivity contribution in [3.63, 3.8) is 0 Å². The van der Waals surface area contributed by atoms with Gasteiger partial charge in [0, 0.05) is 34.6 Å². The molecule has 3 heterocycles. The second-order valence-electron chi connectivity index (χ2n) is 7.62. The van der Waals surface area contributed by atoms with Crippen molar-refractivity contribution in [2.24, 2.45) is 5.10 Å². The van der Waals surface area contributed by atoms with E-state index in [-0.39, 0.29) is 18.4 Å². The molecule has 1 aromatic heterocycles. The molecule has 0 saturated carbocycles. The minimum absolute atomic E-state index is 0.0835. The van der Waals surface area contributed by atoms with Crippen LogP contribution in [0.3, 0.4) is 0 Å². The number of amides is 2. The van der Waals surface area contributed by atoms with E-state index in [1.165, 1.54) is 5.01 Å². The van der Waals surface area contributed by atoms with E-state index in [4.69, 9.17) is 9.47 Å². The molecule has 5 rings (SSSR count). The van der Waals surface area contributed by atoms with Crippen molar-refractivity contribution in [3.8, 4) is 11.5 Å². The fraction of sp³-hybridized carbons (Fsp3) is 0.261. The van der Waals surface area contributed by atoms with Crippen molar-refractivity contribution in [2.75, 3.05) is 20.8 Å². The van der Waals surface area contributed by atoms with Crippen LogP contribution in [0.1, 0.15) is 16.8 Å². The van der Waals surface area contributed by atoms with Crippen LogP contribution in [0, 0.1) is 0 Å². The van der Waals surface area contributed by atoms with Gasteiger partial charge in [0.05, 0.1) is 27.0 Å². The van der Waals surface area contributed by atoms with E-state index in [1.54, 1.807) is 43.5 Å². The van der Waals surface area contributed by atoms with Crippen LogP contribution in [0.5, 0.6) is 11.5 Å². The number of rotatable bonds is 4. The van der Waals surface area contributed by atoms with Gasteiger partial charge in [0.2, 0.25) is 5.91 Å². The number of aromatic amines is 1. The van der Waals surface area contributed by atoms with Crippen LogP contribution in [-0.4, -0.2) is 59.7 Å². The summed E-state index contributed by atoms with van der Waals surface area (Å²) in [6, 6.07) is 12.8. The number of hydrogen-bond donors (Lipinski definition) is 1. The molecule has 0 bridgehead atoms. The van der Waals surface area contributed by atoms with Gasteiger partial charge in [-0.2, -0.15) is 5.10 Å². The first kappa shape index (κ1) is 19.2. The molecule has 0 radical (unpaired) electrons. The molecular weight excluding hydrogens is 396 g/mol. The highest BCUT2D eigenvalue weighted by Crippen LogP contribution is 2.32. The van der Waals surface area contributed by atoms with E-state index < -0.39 is 6.04 Å². The van der Waals surface area contributed by atoms with Gasteiger partial charge in [-0.05, 0) is 23.8 Å². The molecule has 1 atom stereocenters. The summed E-state index contributed by atoms with van der Waals surface area (Å²) >= 11 is 0. The van der Waals surface area contributed by atoms with Crippen LogP contribution in [0.25, 0.3) is 10.9 Å².